The van der Waals surface area contributed by atoms with E-state index < -0.39 is 0 Å². The highest BCUT2D eigenvalue weighted by Crippen LogP contribution is 2.17. The molecule has 0 heterocycles. The van der Waals surface area contributed by atoms with Crippen LogP contribution in [0.2, 0.25) is 0 Å². The lowest BCUT2D eigenvalue weighted by Gasteiger charge is -2.25. The Kier molecular flexibility index (Phi) is 8.01. The Morgan fingerprint density at radius 1 is 1.04 bits per heavy atom. The Hall–Kier alpha value is -2.66. The van der Waals surface area contributed by atoms with E-state index >= 15 is 0 Å². The van der Waals surface area contributed by atoms with Gasteiger partial charge in [-0.25, -0.2) is 0 Å². The first-order chi connectivity index (χ1) is 13.0. The monoisotopic (exact) mass is 368 g/mol. The fourth-order valence-corrected chi connectivity index (χ4v) is 2.78. The van der Waals surface area contributed by atoms with E-state index in [0.29, 0.717) is 37.3 Å². The van der Waals surface area contributed by atoms with Gasteiger partial charge in [0.15, 0.2) is 5.78 Å². The molecule has 0 aromatic heterocycles. The first-order valence-electron chi connectivity index (χ1n) is 9.19. The Labute approximate surface area is 161 Å². The van der Waals surface area contributed by atoms with Crippen LogP contribution in [0.5, 0.6) is 5.75 Å². The van der Waals surface area contributed by atoms with Crippen LogP contribution in [0.15, 0.2) is 54.6 Å². The standard InChI is InChI=1S/C22H28N2O3/c1-17(25)18-11-13-20(14-12-18)27-15-7-10-22(26)23-16-21(24(2)3)19-8-5-4-6-9-19/h4-6,8-9,11-14,21H,7,10,15-16H2,1-3H3,(H,23,26). The van der Waals surface area contributed by atoms with Crippen LogP contribution in [0.3, 0.4) is 0 Å². The zero-order valence-corrected chi connectivity index (χ0v) is 16.3. The molecule has 0 aliphatic carbocycles. The predicted molar refractivity (Wildman–Crippen MR) is 107 cm³/mol. The van der Waals surface area contributed by atoms with Crippen LogP contribution < -0.4 is 10.1 Å². The van der Waals surface area contributed by atoms with Crippen LogP contribution in [0.25, 0.3) is 0 Å². The molecule has 0 bridgehead atoms. The molecule has 1 N–H and O–H groups in total. The van der Waals surface area contributed by atoms with Crippen molar-refractivity contribution in [1.29, 1.82) is 0 Å². The molecule has 1 unspecified atom stereocenters. The minimum atomic E-state index is 0.0216. The largest absolute Gasteiger partial charge is 0.494 e. The van der Waals surface area contributed by atoms with Gasteiger partial charge in [-0.05, 0) is 57.3 Å². The quantitative estimate of drug-likeness (QED) is 0.515. The number of carbonyl (C=O) groups is 2. The zero-order valence-electron chi connectivity index (χ0n) is 16.3. The highest BCUT2D eigenvalue weighted by atomic mass is 16.5. The maximum absolute atomic E-state index is 12.1. The van der Waals surface area contributed by atoms with Crippen molar-refractivity contribution in [3.05, 3.63) is 65.7 Å². The second-order valence-electron chi connectivity index (χ2n) is 6.73. The highest BCUT2D eigenvalue weighted by Gasteiger charge is 2.14. The first kappa shape index (κ1) is 20.6. The number of ketones is 1. The summed E-state index contributed by atoms with van der Waals surface area (Å²) >= 11 is 0. The molecule has 2 rings (SSSR count). The fraction of sp³-hybridized carbons (Fsp3) is 0.364. The van der Waals surface area contributed by atoms with Crippen molar-refractivity contribution in [3.8, 4) is 5.75 Å². The Bertz CT molecular complexity index is 727. The van der Waals surface area contributed by atoms with Gasteiger partial charge in [0.25, 0.3) is 0 Å². The van der Waals surface area contributed by atoms with Crippen molar-refractivity contribution in [2.24, 2.45) is 0 Å². The molecule has 1 atom stereocenters. The lowest BCUT2D eigenvalue weighted by Crippen LogP contribution is -2.34. The van der Waals surface area contributed by atoms with E-state index in [2.05, 4.69) is 22.3 Å². The highest BCUT2D eigenvalue weighted by molar-refractivity contribution is 5.94. The van der Waals surface area contributed by atoms with E-state index in [9.17, 15) is 9.59 Å². The molecule has 27 heavy (non-hydrogen) atoms. The molecule has 0 aliphatic rings. The van der Waals surface area contributed by atoms with E-state index in [-0.39, 0.29) is 17.7 Å². The SMILES string of the molecule is CC(=O)c1ccc(OCCCC(=O)NCC(c2ccccc2)N(C)C)cc1. The smallest absolute Gasteiger partial charge is 0.220 e. The molecule has 5 heteroatoms. The van der Waals surface area contributed by atoms with E-state index in [0.717, 1.165) is 0 Å². The number of likely N-dealkylation sites (N-methyl/N-ethyl adjacent to an activating group) is 1. The van der Waals surface area contributed by atoms with Gasteiger partial charge in [0, 0.05) is 18.5 Å². The molecule has 2 aromatic rings. The molecule has 144 valence electrons. The normalized spacial score (nSPS) is 11.9. The van der Waals surface area contributed by atoms with E-state index in [1.54, 1.807) is 24.3 Å². The fourth-order valence-electron chi connectivity index (χ4n) is 2.78. The molecule has 5 nitrogen and oxygen atoms in total. The summed E-state index contributed by atoms with van der Waals surface area (Å²) in [5, 5.41) is 3.01. The van der Waals surface area contributed by atoms with E-state index in [4.69, 9.17) is 4.74 Å². The number of carbonyl (C=O) groups excluding carboxylic acids is 2. The summed E-state index contributed by atoms with van der Waals surface area (Å²) in [6.45, 7) is 2.57. The summed E-state index contributed by atoms with van der Waals surface area (Å²) in [5.74, 6) is 0.759. The average molecular weight is 368 g/mol. The van der Waals surface area contributed by atoms with Crippen LogP contribution in [0, 0.1) is 0 Å². The molecule has 0 fully saturated rings. The van der Waals surface area contributed by atoms with Gasteiger partial charge in [0.05, 0.1) is 12.6 Å². The summed E-state index contributed by atoms with van der Waals surface area (Å²) in [7, 11) is 4.02. The van der Waals surface area contributed by atoms with Crippen LogP contribution in [-0.4, -0.2) is 43.8 Å². The summed E-state index contributed by atoms with van der Waals surface area (Å²) in [6.07, 6.45) is 1.05. The number of hydrogen-bond donors (Lipinski definition) is 1. The van der Waals surface area contributed by atoms with Gasteiger partial charge in [0.1, 0.15) is 5.75 Å². The lowest BCUT2D eigenvalue weighted by molar-refractivity contribution is -0.121. The second kappa shape index (κ2) is 10.5. The lowest BCUT2D eigenvalue weighted by atomic mass is 10.1. The second-order valence-corrected chi connectivity index (χ2v) is 6.73. The topological polar surface area (TPSA) is 58.6 Å². The van der Waals surface area contributed by atoms with Gasteiger partial charge in [-0.2, -0.15) is 0 Å². The van der Waals surface area contributed by atoms with Gasteiger partial charge >= 0.3 is 0 Å². The third-order valence-corrected chi connectivity index (χ3v) is 4.38. The predicted octanol–water partition coefficient (Wildman–Crippen LogP) is 3.47. The minimum Gasteiger partial charge on any atom is -0.494 e. The number of nitrogens with one attached hydrogen (secondary N) is 1. The van der Waals surface area contributed by atoms with Crippen molar-refractivity contribution in [2.75, 3.05) is 27.2 Å². The van der Waals surface area contributed by atoms with E-state index in [1.807, 2.05) is 32.3 Å². The van der Waals surface area contributed by atoms with Crippen molar-refractivity contribution >= 4 is 11.7 Å². The van der Waals surface area contributed by atoms with E-state index in [1.165, 1.54) is 12.5 Å². The Morgan fingerprint density at radius 2 is 1.70 bits per heavy atom. The van der Waals surface area contributed by atoms with Crippen molar-refractivity contribution in [3.63, 3.8) is 0 Å². The average Bonchev–Trinajstić information content (AvgIpc) is 2.66. The molecule has 1 amide bonds. The van der Waals surface area contributed by atoms with Gasteiger partial charge in [-0.15, -0.1) is 0 Å². The number of hydrogen-bond acceptors (Lipinski definition) is 4. The molecular weight excluding hydrogens is 340 g/mol. The summed E-state index contributed by atoms with van der Waals surface area (Å²) < 4.78 is 5.62. The molecule has 0 saturated carbocycles. The number of rotatable bonds is 10. The van der Waals surface area contributed by atoms with Crippen molar-refractivity contribution in [2.45, 2.75) is 25.8 Å². The number of nitrogens with zero attached hydrogens (tertiary/aromatic N) is 1. The summed E-state index contributed by atoms with van der Waals surface area (Å²) in [5.41, 5.74) is 1.84. The number of amides is 1. The number of Topliss-reactive ketones (excluding diaryl/α,β-unsaturated/α-hetero) is 1. The first-order valence-corrected chi connectivity index (χ1v) is 9.19. The molecule has 0 saturated heterocycles. The third kappa shape index (κ3) is 6.87. The summed E-state index contributed by atoms with van der Waals surface area (Å²) in [6, 6.07) is 17.3. The number of ether oxygens (including phenoxy) is 1. The Morgan fingerprint density at radius 3 is 2.30 bits per heavy atom. The molecule has 0 aliphatic heterocycles. The third-order valence-electron chi connectivity index (χ3n) is 4.38. The zero-order chi connectivity index (χ0) is 19.6. The molecule has 0 radical (unpaired) electrons. The van der Waals surface area contributed by atoms with Gasteiger partial charge < -0.3 is 15.0 Å². The van der Waals surface area contributed by atoms with Gasteiger partial charge in [-0.3, -0.25) is 9.59 Å². The van der Waals surface area contributed by atoms with Gasteiger partial charge in [-0.1, -0.05) is 30.3 Å². The van der Waals surface area contributed by atoms with Crippen LogP contribution in [0.1, 0.15) is 41.7 Å². The van der Waals surface area contributed by atoms with Gasteiger partial charge in [0.2, 0.25) is 5.91 Å². The summed E-state index contributed by atoms with van der Waals surface area (Å²) in [4.78, 5) is 25.5. The number of benzene rings is 2. The van der Waals surface area contributed by atoms with Crippen LogP contribution in [-0.2, 0) is 4.79 Å². The maximum atomic E-state index is 12.1. The molecular formula is C22H28N2O3. The van der Waals surface area contributed by atoms with Crippen molar-refractivity contribution in [1.82, 2.24) is 10.2 Å². The van der Waals surface area contributed by atoms with Crippen molar-refractivity contribution < 1.29 is 14.3 Å². The van der Waals surface area contributed by atoms with Crippen LogP contribution in [0.4, 0.5) is 0 Å². The maximum Gasteiger partial charge on any atom is 0.220 e. The Balaban J connectivity index is 1.70. The minimum absolute atomic E-state index is 0.0216. The van der Waals surface area contributed by atoms with Crippen LogP contribution >= 0.6 is 0 Å². The molecule has 2 aromatic carbocycles. The molecule has 0 spiro atoms.